The third-order valence-corrected chi connectivity index (χ3v) is 3.44. The molecule has 5 heteroatoms. The van der Waals surface area contributed by atoms with Gasteiger partial charge in [0.1, 0.15) is 5.69 Å². The highest BCUT2D eigenvalue weighted by Crippen LogP contribution is 2.20. The summed E-state index contributed by atoms with van der Waals surface area (Å²) < 4.78 is 1.80. The van der Waals surface area contributed by atoms with Gasteiger partial charge in [-0.2, -0.15) is 22.7 Å². The first kappa shape index (κ1) is 8.82. The number of hydrogen-bond donors (Lipinski definition) is 0. The number of aromatic nitrogens is 3. The first-order valence-corrected chi connectivity index (χ1v) is 6.29. The van der Waals surface area contributed by atoms with Crippen molar-refractivity contribution in [2.24, 2.45) is 0 Å². The van der Waals surface area contributed by atoms with Crippen molar-refractivity contribution in [1.29, 1.82) is 0 Å². The van der Waals surface area contributed by atoms with Gasteiger partial charge < -0.3 is 0 Å². The predicted octanol–water partition coefficient (Wildman–Crippen LogP) is 3.06. The van der Waals surface area contributed by atoms with Crippen LogP contribution in [-0.2, 0) is 0 Å². The number of hydrogen-bond acceptors (Lipinski definition) is 4. The minimum Gasteiger partial charge on any atom is -0.219 e. The molecule has 3 nitrogen and oxygen atoms in total. The van der Waals surface area contributed by atoms with E-state index in [0.717, 1.165) is 16.9 Å². The van der Waals surface area contributed by atoms with Crippen LogP contribution in [-0.4, -0.2) is 15.0 Å². The fourth-order valence-corrected chi connectivity index (χ4v) is 2.59. The Morgan fingerprint density at radius 3 is 2.67 bits per heavy atom. The topological polar surface area (TPSA) is 30.7 Å². The van der Waals surface area contributed by atoms with Crippen LogP contribution in [0, 0.1) is 0 Å². The Labute approximate surface area is 94.6 Å². The highest BCUT2D eigenvalue weighted by Gasteiger charge is 2.05. The molecule has 0 saturated carbocycles. The molecule has 74 valence electrons. The fourth-order valence-electron chi connectivity index (χ4n) is 1.32. The summed E-state index contributed by atoms with van der Waals surface area (Å²) in [6.45, 7) is 0. The van der Waals surface area contributed by atoms with Crippen LogP contribution in [0.1, 0.15) is 0 Å². The SMILES string of the molecule is c1cc(-c2cn(-c3ccsc3)nn2)cs1. The van der Waals surface area contributed by atoms with Crippen LogP contribution in [0.3, 0.4) is 0 Å². The summed E-state index contributed by atoms with van der Waals surface area (Å²) in [4.78, 5) is 0. The van der Waals surface area contributed by atoms with Crippen molar-refractivity contribution in [3.05, 3.63) is 39.8 Å². The molecule has 3 aromatic rings. The van der Waals surface area contributed by atoms with Gasteiger partial charge in [-0.25, -0.2) is 4.68 Å². The van der Waals surface area contributed by atoms with E-state index in [1.165, 1.54) is 0 Å². The van der Waals surface area contributed by atoms with E-state index in [2.05, 4.69) is 15.7 Å². The van der Waals surface area contributed by atoms with Crippen molar-refractivity contribution in [1.82, 2.24) is 15.0 Å². The summed E-state index contributed by atoms with van der Waals surface area (Å²) in [7, 11) is 0. The van der Waals surface area contributed by atoms with Crippen molar-refractivity contribution in [3.63, 3.8) is 0 Å². The zero-order chi connectivity index (χ0) is 10.1. The average molecular weight is 233 g/mol. The molecule has 0 fully saturated rings. The van der Waals surface area contributed by atoms with Crippen LogP contribution < -0.4 is 0 Å². The molecule has 0 N–H and O–H groups in total. The van der Waals surface area contributed by atoms with Gasteiger partial charge in [-0.15, -0.1) is 5.10 Å². The molecule has 0 saturated heterocycles. The van der Waals surface area contributed by atoms with Gasteiger partial charge in [-0.1, -0.05) is 5.21 Å². The van der Waals surface area contributed by atoms with E-state index in [1.807, 2.05) is 34.5 Å². The second-order valence-electron chi connectivity index (χ2n) is 3.04. The first-order chi connectivity index (χ1) is 7.43. The monoisotopic (exact) mass is 233 g/mol. The highest BCUT2D eigenvalue weighted by atomic mass is 32.1. The van der Waals surface area contributed by atoms with E-state index in [9.17, 15) is 0 Å². The van der Waals surface area contributed by atoms with Gasteiger partial charge in [-0.3, -0.25) is 0 Å². The molecule has 0 radical (unpaired) electrons. The van der Waals surface area contributed by atoms with E-state index in [-0.39, 0.29) is 0 Å². The molecular formula is C10H7N3S2. The summed E-state index contributed by atoms with van der Waals surface area (Å²) in [5.74, 6) is 0. The van der Waals surface area contributed by atoms with Crippen molar-refractivity contribution in [2.75, 3.05) is 0 Å². The molecule has 0 aliphatic rings. The third-order valence-electron chi connectivity index (χ3n) is 2.08. The number of thiophene rings is 2. The summed E-state index contributed by atoms with van der Waals surface area (Å²) in [5.41, 5.74) is 3.11. The van der Waals surface area contributed by atoms with Crippen LogP contribution in [0.25, 0.3) is 16.9 Å². The summed E-state index contributed by atoms with van der Waals surface area (Å²) in [6.07, 6.45) is 1.95. The molecule has 0 aliphatic heterocycles. The largest absolute Gasteiger partial charge is 0.219 e. The Hall–Kier alpha value is -1.46. The normalized spacial score (nSPS) is 10.7. The van der Waals surface area contributed by atoms with E-state index in [4.69, 9.17) is 0 Å². The van der Waals surface area contributed by atoms with Crippen LogP contribution in [0.5, 0.6) is 0 Å². The van der Waals surface area contributed by atoms with E-state index in [1.54, 1.807) is 27.4 Å². The molecule has 3 heterocycles. The fraction of sp³-hybridized carbons (Fsp3) is 0. The Balaban J connectivity index is 2.02. The van der Waals surface area contributed by atoms with E-state index >= 15 is 0 Å². The Morgan fingerprint density at radius 2 is 1.93 bits per heavy atom. The maximum atomic E-state index is 4.14. The molecule has 0 aliphatic carbocycles. The lowest BCUT2D eigenvalue weighted by Gasteiger charge is -1.91. The Morgan fingerprint density at radius 1 is 1.07 bits per heavy atom. The van der Waals surface area contributed by atoms with Crippen molar-refractivity contribution in [3.8, 4) is 16.9 Å². The molecule has 0 bridgehead atoms. The smallest absolute Gasteiger partial charge is 0.114 e. The quantitative estimate of drug-likeness (QED) is 0.681. The summed E-state index contributed by atoms with van der Waals surface area (Å²) >= 11 is 3.32. The predicted molar refractivity (Wildman–Crippen MR) is 62.5 cm³/mol. The lowest BCUT2D eigenvalue weighted by Crippen LogP contribution is -1.91. The minimum absolute atomic E-state index is 0.919. The molecule has 15 heavy (non-hydrogen) atoms. The maximum Gasteiger partial charge on any atom is 0.114 e. The number of nitrogens with zero attached hydrogens (tertiary/aromatic N) is 3. The molecule has 3 rings (SSSR count). The van der Waals surface area contributed by atoms with Crippen molar-refractivity contribution in [2.45, 2.75) is 0 Å². The molecule has 0 spiro atoms. The minimum atomic E-state index is 0.919. The van der Waals surface area contributed by atoms with Crippen LogP contribution in [0.2, 0.25) is 0 Å². The van der Waals surface area contributed by atoms with Crippen LogP contribution in [0.4, 0.5) is 0 Å². The van der Waals surface area contributed by atoms with Crippen molar-refractivity contribution < 1.29 is 0 Å². The van der Waals surface area contributed by atoms with Gasteiger partial charge in [0.2, 0.25) is 0 Å². The van der Waals surface area contributed by atoms with Crippen molar-refractivity contribution >= 4 is 22.7 Å². The molecule has 0 amide bonds. The second-order valence-corrected chi connectivity index (χ2v) is 4.60. The summed E-state index contributed by atoms with van der Waals surface area (Å²) in [5, 5.41) is 16.4. The van der Waals surface area contributed by atoms with Gasteiger partial charge in [0.25, 0.3) is 0 Å². The Kier molecular flexibility index (Phi) is 2.12. The average Bonchev–Trinajstić information content (AvgIpc) is 3.02. The van der Waals surface area contributed by atoms with Crippen LogP contribution in [0.15, 0.2) is 39.8 Å². The first-order valence-electron chi connectivity index (χ1n) is 4.41. The maximum absolute atomic E-state index is 4.14. The standard InChI is InChI=1S/C10H7N3S2/c1-3-14-6-8(1)10-5-13(12-11-10)9-2-4-15-7-9/h1-7H. The van der Waals surface area contributed by atoms with E-state index in [0.29, 0.717) is 0 Å². The zero-order valence-corrected chi connectivity index (χ0v) is 9.33. The second kappa shape index (κ2) is 3.60. The number of rotatable bonds is 2. The zero-order valence-electron chi connectivity index (χ0n) is 7.70. The molecular weight excluding hydrogens is 226 g/mol. The van der Waals surface area contributed by atoms with E-state index < -0.39 is 0 Å². The molecule has 0 unspecified atom stereocenters. The highest BCUT2D eigenvalue weighted by molar-refractivity contribution is 7.08. The Bertz CT molecular complexity index is 488. The van der Waals surface area contributed by atoms with Crippen LogP contribution >= 0.6 is 22.7 Å². The molecule has 0 aromatic carbocycles. The van der Waals surface area contributed by atoms with Gasteiger partial charge in [0, 0.05) is 16.3 Å². The lowest BCUT2D eigenvalue weighted by molar-refractivity contribution is 0.806. The molecule has 3 aromatic heterocycles. The molecule has 0 atom stereocenters. The van der Waals surface area contributed by atoms with Gasteiger partial charge in [-0.05, 0) is 22.9 Å². The van der Waals surface area contributed by atoms with Gasteiger partial charge in [0.05, 0.1) is 11.9 Å². The summed E-state index contributed by atoms with van der Waals surface area (Å²) in [6, 6.07) is 4.07. The lowest BCUT2D eigenvalue weighted by atomic mass is 10.3. The van der Waals surface area contributed by atoms with Gasteiger partial charge in [0.15, 0.2) is 0 Å². The van der Waals surface area contributed by atoms with Gasteiger partial charge >= 0.3 is 0 Å². The third kappa shape index (κ3) is 1.60.